The molecule has 10 heteroatoms. The molecule has 5 rings (SSSR count). The predicted molar refractivity (Wildman–Crippen MR) is 122 cm³/mol. The minimum atomic E-state index is -1.54. The van der Waals surface area contributed by atoms with Crippen LogP contribution < -0.4 is 4.74 Å². The lowest BCUT2D eigenvalue weighted by atomic mass is 9.65. The standard InChI is InChI=1S/C25H35NO9/c1-24(2)5-11-6-25(3,9-24)10-26(11)7-12-14-15(18(30)21(33-4)16(12)28)20-22(35-23(14)32)19(31)17(29)13(8-27)34-20/h11,13,17,19-20,22,27-31H,5-10H2,1-4H3/t11-,13-,17-,19+,20+,22-,25+/m1/s1. The maximum absolute atomic E-state index is 13.2. The van der Waals surface area contributed by atoms with Gasteiger partial charge in [0.2, 0.25) is 5.75 Å². The van der Waals surface area contributed by atoms with Crippen LogP contribution in [0.15, 0.2) is 0 Å². The summed E-state index contributed by atoms with van der Waals surface area (Å²) in [6, 6.07) is 0.271. The molecular formula is C25H35NO9. The van der Waals surface area contributed by atoms with Crippen LogP contribution in [0.5, 0.6) is 17.2 Å². The summed E-state index contributed by atoms with van der Waals surface area (Å²) in [5.74, 6) is -1.88. The van der Waals surface area contributed by atoms with Crippen LogP contribution in [0.4, 0.5) is 0 Å². The number of likely N-dealkylation sites (tertiary alicyclic amines) is 1. The van der Waals surface area contributed by atoms with Gasteiger partial charge in [-0.1, -0.05) is 20.8 Å². The van der Waals surface area contributed by atoms with Gasteiger partial charge in [0.1, 0.15) is 24.4 Å². The summed E-state index contributed by atoms with van der Waals surface area (Å²) in [5.41, 5.74) is 0.549. The molecule has 0 amide bonds. The van der Waals surface area contributed by atoms with Crippen molar-refractivity contribution in [1.82, 2.24) is 4.90 Å². The fraction of sp³-hybridized carbons (Fsp3) is 0.720. The average Bonchev–Trinajstić information content (AvgIpc) is 3.01. The Bertz CT molecular complexity index is 1040. The van der Waals surface area contributed by atoms with Gasteiger partial charge in [0.15, 0.2) is 17.6 Å². The highest BCUT2D eigenvalue weighted by Crippen LogP contribution is 2.55. The van der Waals surface area contributed by atoms with Crippen molar-refractivity contribution in [2.45, 2.75) is 83.1 Å². The van der Waals surface area contributed by atoms with Crippen LogP contribution in [-0.4, -0.2) is 87.1 Å². The number of phenolic OH excluding ortho intramolecular Hbond substituents is 2. The van der Waals surface area contributed by atoms with Crippen LogP contribution in [0.1, 0.15) is 67.6 Å². The number of aliphatic hydroxyl groups is 3. The van der Waals surface area contributed by atoms with Crippen LogP contribution in [0.25, 0.3) is 0 Å². The van der Waals surface area contributed by atoms with E-state index in [1.165, 1.54) is 7.11 Å². The Morgan fingerprint density at radius 1 is 1.11 bits per heavy atom. The highest BCUT2D eigenvalue weighted by Gasteiger charge is 2.54. The van der Waals surface area contributed by atoms with E-state index in [-0.39, 0.29) is 51.6 Å². The largest absolute Gasteiger partial charge is 0.504 e. The van der Waals surface area contributed by atoms with E-state index in [9.17, 15) is 30.3 Å². The minimum absolute atomic E-state index is 0.0222. The van der Waals surface area contributed by atoms with Crippen LogP contribution in [0, 0.1) is 10.8 Å². The number of esters is 1. The number of carbonyl (C=O) groups excluding carboxylic acids is 1. The molecule has 3 heterocycles. The van der Waals surface area contributed by atoms with E-state index in [2.05, 4.69) is 25.7 Å². The number of methoxy groups -OCH3 is 1. The Kier molecular flexibility index (Phi) is 5.76. The van der Waals surface area contributed by atoms with Crippen LogP contribution in [-0.2, 0) is 16.0 Å². The third kappa shape index (κ3) is 3.77. The number of nitrogens with zero attached hydrogens (tertiary/aromatic N) is 1. The molecule has 1 aromatic carbocycles. The Labute approximate surface area is 204 Å². The number of hydrogen-bond acceptors (Lipinski definition) is 10. The van der Waals surface area contributed by atoms with Crippen LogP contribution in [0.3, 0.4) is 0 Å². The Morgan fingerprint density at radius 2 is 1.83 bits per heavy atom. The number of aliphatic hydroxyl groups excluding tert-OH is 3. The van der Waals surface area contributed by atoms with E-state index in [0.717, 1.165) is 25.8 Å². The maximum atomic E-state index is 13.2. The third-order valence-corrected chi connectivity index (χ3v) is 8.23. The van der Waals surface area contributed by atoms with Gasteiger partial charge in [-0.2, -0.15) is 0 Å². The average molecular weight is 494 g/mol. The van der Waals surface area contributed by atoms with E-state index < -0.39 is 48.8 Å². The fourth-order valence-corrected chi connectivity index (χ4v) is 7.23. The zero-order chi connectivity index (χ0) is 25.4. The molecule has 35 heavy (non-hydrogen) atoms. The number of fused-ring (bicyclic) bond motifs is 5. The summed E-state index contributed by atoms with van der Waals surface area (Å²) in [6.45, 7) is 7.25. The van der Waals surface area contributed by atoms with Crippen molar-refractivity contribution in [1.29, 1.82) is 0 Å². The first-order valence-corrected chi connectivity index (χ1v) is 12.1. The van der Waals surface area contributed by atoms with Gasteiger partial charge in [-0.15, -0.1) is 0 Å². The first-order valence-electron chi connectivity index (χ1n) is 12.1. The van der Waals surface area contributed by atoms with Crippen molar-refractivity contribution in [2.75, 3.05) is 20.3 Å². The van der Waals surface area contributed by atoms with Crippen LogP contribution in [0.2, 0.25) is 0 Å². The molecule has 10 nitrogen and oxygen atoms in total. The monoisotopic (exact) mass is 493 g/mol. The predicted octanol–water partition coefficient (Wildman–Crippen LogP) is 1.20. The smallest absolute Gasteiger partial charge is 0.339 e. The molecule has 1 aromatic rings. The second kappa shape index (κ2) is 8.21. The Hall–Kier alpha value is -2.11. The van der Waals surface area contributed by atoms with Gasteiger partial charge in [-0.3, -0.25) is 4.90 Å². The normalized spacial score (nSPS) is 38.0. The lowest BCUT2D eigenvalue weighted by Crippen LogP contribution is -2.58. The minimum Gasteiger partial charge on any atom is -0.504 e. The molecule has 0 spiro atoms. The molecule has 2 saturated heterocycles. The van der Waals surface area contributed by atoms with Gasteiger partial charge in [-0.25, -0.2) is 4.79 Å². The highest BCUT2D eigenvalue weighted by atomic mass is 16.6. The van der Waals surface area contributed by atoms with Crippen LogP contribution >= 0.6 is 0 Å². The third-order valence-electron chi connectivity index (χ3n) is 8.23. The van der Waals surface area contributed by atoms with E-state index in [1.54, 1.807) is 0 Å². The lowest BCUT2D eigenvalue weighted by Gasteiger charge is -2.45. The van der Waals surface area contributed by atoms with Gasteiger partial charge in [0.05, 0.1) is 19.3 Å². The van der Waals surface area contributed by atoms with Crippen molar-refractivity contribution in [3.05, 3.63) is 16.7 Å². The number of ether oxygens (including phenoxy) is 3. The molecule has 194 valence electrons. The van der Waals surface area contributed by atoms with Crippen molar-refractivity contribution < 1.29 is 44.5 Å². The number of phenols is 2. The van der Waals surface area contributed by atoms with E-state index in [0.29, 0.717) is 0 Å². The fourth-order valence-electron chi connectivity index (χ4n) is 7.23. The molecule has 7 atom stereocenters. The van der Waals surface area contributed by atoms with Crippen molar-refractivity contribution in [2.24, 2.45) is 10.8 Å². The van der Waals surface area contributed by atoms with Crippen molar-refractivity contribution in [3.8, 4) is 17.2 Å². The molecule has 1 aliphatic carbocycles. The first-order chi connectivity index (χ1) is 16.4. The molecule has 4 aliphatic rings. The molecule has 2 bridgehead atoms. The number of aromatic hydroxyl groups is 2. The maximum Gasteiger partial charge on any atom is 0.339 e. The first kappa shape index (κ1) is 24.6. The van der Waals surface area contributed by atoms with Gasteiger partial charge >= 0.3 is 5.97 Å². The Balaban J connectivity index is 1.60. The SMILES string of the molecule is COc1c(O)c(CN2C[C@@]3(C)C[C@H]2CC(C)(C)C3)c2c(c1O)[C@@H]1O[C@H](CO)[C@@H](O)[C@H](O)[C@H]1OC2=O. The molecule has 0 radical (unpaired) electrons. The van der Waals surface area contributed by atoms with E-state index in [1.807, 2.05) is 0 Å². The van der Waals surface area contributed by atoms with Crippen molar-refractivity contribution >= 4 is 5.97 Å². The van der Waals surface area contributed by atoms with E-state index >= 15 is 0 Å². The topological polar surface area (TPSA) is 149 Å². The van der Waals surface area contributed by atoms with Gasteiger partial charge in [-0.05, 0) is 30.1 Å². The number of benzene rings is 1. The Morgan fingerprint density at radius 3 is 2.49 bits per heavy atom. The summed E-state index contributed by atoms with van der Waals surface area (Å²) >= 11 is 0. The van der Waals surface area contributed by atoms with E-state index in [4.69, 9.17) is 14.2 Å². The number of rotatable bonds is 4. The second-order valence-corrected chi connectivity index (χ2v) is 11.7. The highest BCUT2D eigenvalue weighted by molar-refractivity contribution is 5.97. The second-order valence-electron chi connectivity index (χ2n) is 11.7. The quantitative estimate of drug-likeness (QED) is 0.387. The number of carbonyl (C=O) groups is 1. The molecule has 0 unspecified atom stereocenters. The summed E-state index contributed by atoms with van der Waals surface area (Å²) in [5, 5.41) is 52.6. The summed E-state index contributed by atoms with van der Waals surface area (Å²) in [7, 11) is 1.30. The molecule has 5 N–H and O–H groups in total. The molecule has 3 aliphatic heterocycles. The van der Waals surface area contributed by atoms with Gasteiger partial charge < -0.3 is 39.7 Å². The van der Waals surface area contributed by atoms with Gasteiger partial charge in [0.25, 0.3) is 0 Å². The number of hydrogen-bond donors (Lipinski definition) is 5. The summed E-state index contributed by atoms with van der Waals surface area (Å²) in [6.07, 6.45) is -3.55. The molecule has 1 saturated carbocycles. The zero-order valence-corrected chi connectivity index (χ0v) is 20.5. The molecular weight excluding hydrogens is 458 g/mol. The van der Waals surface area contributed by atoms with Gasteiger partial charge in [0, 0.05) is 30.3 Å². The zero-order valence-electron chi connectivity index (χ0n) is 20.5. The summed E-state index contributed by atoms with van der Waals surface area (Å²) < 4.78 is 16.6. The van der Waals surface area contributed by atoms with Crippen molar-refractivity contribution in [3.63, 3.8) is 0 Å². The molecule has 3 fully saturated rings. The molecule has 0 aromatic heterocycles. The summed E-state index contributed by atoms with van der Waals surface area (Å²) in [4.78, 5) is 15.5. The lowest BCUT2D eigenvalue weighted by molar-refractivity contribution is -0.235.